The first-order valence-electron chi connectivity index (χ1n) is 8.13. The SMILES string of the molecule is CN(C)/C=C/c1c(C(=O)c2cccc3ccccc23)cccc1[N+](=O)[O-]. The van der Waals surface area contributed by atoms with Crippen molar-refractivity contribution in [2.24, 2.45) is 0 Å². The highest BCUT2D eigenvalue weighted by atomic mass is 16.6. The molecule has 5 heteroatoms. The van der Waals surface area contributed by atoms with Gasteiger partial charge in [0.05, 0.1) is 10.5 Å². The second-order valence-corrected chi connectivity index (χ2v) is 6.13. The van der Waals surface area contributed by atoms with Gasteiger partial charge in [0.25, 0.3) is 5.69 Å². The fourth-order valence-electron chi connectivity index (χ4n) is 2.88. The van der Waals surface area contributed by atoms with Gasteiger partial charge in [-0.1, -0.05) is 48.5 Å². The molecule has 0 N–H and O–H groups in total. The molecule has 5 nitrogen and oxygen atoms in total. The number of nitro groups is 1. The van der Waals surface area contributed by atoms with E-state index < -0.39 is 4.92 Å². The molecular formula is C21H18N2O3. The number of ketones is 1. The zero-order valence-electron chi connectivity index (χ0n) is 14.5. The number of nitrogens with zero attached hydrogens (tertiary/aromatic N) is 2. The molecule has 0 atom stereocenters. The van der Waals surface area contributed by atoms with Gasteiger partial charge in [-0.05, 0) is 29.1 Å². The highest BCUT2D eigenvalue weighted by molar-refractivity contribution is 6.18. The van der Waals surface area contributed by atoms with Crippen LogP contribution in [0.2, 0.25) is 0 Å². The van der Waals surface area contributed by atoms with E-state index in [2.05, 4.69) is 0 Å². The van der Waals surface area contributed by atoms with E-state index in [0.717, 1.165) is 10.8 Å². The van der Waals surface area contributed by atoms with Crippen LogP contribution in [-0.4, -0.2) is 29.7 Å². The van der Waals surface area contributed by atoms with E-state index >= 15 is 0 Å². The number of benzene rings is 3. The molecule has 0 unspecified atom stereocenters. The molecule has 3 aromatic rings. The second kappa shape index (κ2) is 7.19. The molecule has 0 spiro atoms. The van der Waals surface area contributed by atoms with E-state index in [1.165, 1.54) is 6.07 Å². The number of hydrogen-bond acceptors (Lipinski definition) is 4. The molecule has 3 rings (SSSR count). The molecule has 3 aromatic carbocycles. The Balaban J connectivity index is 2.21. The first-order valence-corrected chi connectivity index (χ1v) is 8.13. The maximum atomic E-state index is 13.2. The third-order valence-electron chi connectivity index (χ3n) is 4.10. The summed E-state index contributed by atoms with van der Waals surface area (Å²) in [6.45, 7) is 0. The van der Waals surface area contributed by atoms with Crippen molar-refractivity contribution in [3.63, 3.8) is 0 Å². The normalized spacial score (nSPS) is 11.0. The Morgan fingerprint density at radius 1 is 0.962 bits per heavy atom. The number of rotatable bonds is 5. The van der Waals surface area contributed by atoms with Gasteiger partial charge in [-0.2, -0.15) is 0 Å². The summed E-state index contributed by atoms with van der Waals surface area (Å²) in [4.78, 5) is 26.0. The summed E-state index contributed by atoms with van der Waals surface area (Å²) in [6.07, 6.45) is 3.30. The highest BCUT2D eigenvalue weighted by Crippen LogP contribution is 2.28. The van der Waals surface area contributed by atoms with Crippen molar-refractivity contribution < 1.29 is 9.72 Å². The Hall–Kier alpha value is -3.47. The Bertz CT molecular complexity index is 1020. The summed E-state index contributed by atoms with van der Waals surface area (Å²) in [6, 6.07) is 17.7. The van der Waals surface area contributed by atoms with Crippen molar-refractivity contribution in [3.05, 3.63) is 93.7 Å². The lowest BCUT2D eigenvalue weighted by molar-refractivity contribution is -0.385. The van der Waals surface area contributed by atoms with Gasteiger partial charge in [0.2, 0.25) is 0 Å². The van der Waals surface area contributed by atoms with Crippen LogP contribution in [0.4, 0.5) is 5.69 Å². The predicted molar refractivity (Wildman–Crippen MR) is 103 cm³/mol. The smallest absolute Gasteiger partial charge is 0.277 e. The van der Waals surface area contributed by atoms with Crippen molar-refractivity contribution in [3.8, 4) is 0 Å². The molecule has 0 aliphatic rings. The largest absolute Gasteiger partial charge is 0.383 e. The molecule has 0 saturated carbocycles. The molecule has 0 aromatic heterocycles. The van der Waals surface area contributed by atoms with E-state index in [1.807, 2.05) is 50.5 Å². The summed E-state index contributed by atoms with van der Waals surface area (Å²) in [5.41, 5.74) is 1.06. The van der Waals surface area contributed by atoms with Gasteiger partial charge in [0.1, 0.15) is 0 Å². The van der Waals surface area contributed by atoms with Crippen LogP contribution < -0.4 is 0 Å². The lowest BCUT2D eigenvalue weighted by Crippen LogP contribution is -2.07. The van der Waals surface area contributed by atoms with Crippen LogP contribution in [0.3, 0.4) is 0 Å². The fourth-order valence-corrected chi connectivity index (χ4v) is 2.88. The van der Waals surface area contributed by atoms with Gasteiger partial charge in [0.15, 0.2) is 5.78 Å². The van der Waals surface area contributed by atoms with Crippen molar-refractivity contribution in [1.29, 1.82) is 0 Å². The van der Waals surface area contributed by atoms with Crippen LogP contribution in [-0.2, 0) is 0 Å². The molecule has 0 bridgehead atoms. The Morgan fingerprint density at radius 2 is 1.62 bits per heavy atom. The third kappa shape index (κ3) is 3.32. The zero-order valence-corrected chi connectivity index (χ0v) is 14.5. The van der Waals surface area contributed by atoms with Crippen LogP contribution in [0.1, 0.15) is 21.5 Å². The fraction of sp³-hybridized carbons (Fsp3) is 0.0952. The van der Waals surface area contributed by atoms with Crippen molar-refractivity contribution in [1.82, 2.24) is 4.90 Å². The van der Waals surface area contributed by atoms with Crippen LogP contribution in [0, 0.1) is 10.1 Å². The van der Waals surface area contributed by atoms with Gasteiger partial charge in [-0.15, -0.1) is 0 Å². The number of nitro benzene ring substituents is 1. The second-order valence-electron chi connectivity index (χ2n) is 6.13. The van der Waals surface area contributed by atoms with E-state index in [9.17, 15) is 14.9 Å². The van der Waals surface area contributed by atoms with Gasteiger partial charge in [-0.3, -0.25) is 14.9 Å². The summed E-state index contributed by atoms with van der Waals surface area (Å²) >= 11 is 0. The molecule has 0 aliphatic carbocycles. The molecule has 0 fully saturated rings. The molecule has 0 aliphatic heterocycles. The molecule has 0 radical (unpaired) electrons. The summed E-state index contributed by atoms with van der Waals surface area (Å²) in [5, 5.41) is 13.2. The van der Waals surface area contributed by atoms with Gasteiger partial charge in [-0.25, -0.2) is 0 Å². The summed E-state index contributed by atoms with van der Waals surface area (Å²) < 4.78 is 0. The van der Waals surface area contributed by atoms with Crippen LogP contribution >= 0.6 is 0 Å². The molecule has 0 heterocycles. The van der Waals surface area contributed by atoms with Crippen LogP contribution in [0.25, 0.3) is 16.8 Å². The first kappa shape index (κ1) is 17.4. The van der Waals surface area contributed by atoms with E-state index in [0.29, 0.717) is 16.7 Å². The van der Waals surface area contributed by atoms with E-state index in [1.54, 1.807) is 35.4 Å². The quantitative estimate of drug-likeness (QED) is 0.387. The standard InChI is InChI=1S/C21H18N2O3/c1-22(2)14-13-17-19(11-6-12-20(17)23(25)26)21(24)18-10-5-8-15-7-3-4-9-16(15)18/h3-14H,1-2H3/b14-13+. The maximum Gasteiger partial charge on any atom is 0.277 e. The van der Waals surface area contributed by atoms with Gasteiger partial charge in [0, 0.05) is 31.3 Å². The average Bonchev–Trinajstić information content (AvgIpc) is 2.64. The Kier molecular flexibility index (Phi) is 4.80. The van der Waals surface area contributed by atoms with Crippen molar-refractivity contribution in [2.75, 3.05) is 14.1 Å². The Morgan fingerprint density at radius 3 is 2.35 bits per heavy atom. The van der Waals surface area contributed by atoms with Crippen molar-refractivity contribution in [2.45, 2.75) is 0 Å². The summed E-state index contributed by atoms with van der Waals surface area (Å²) in [7, 11) is 3.63. The Labute approximate surface area is 151 Å². The van der Waals surface area contributed by atoms with Crippen LogP contribution in [0.15, 0.2) is 66.9 Å². The van der Waals surface area contributed by atoms with E-state index in [-0.39, 0.29) is 11.5 Å². The maximum absolute atomic E-state index is 13.2. The number of fused-ring (bicyclic) bond motifs is 1. The first-order chi connectivity index (χ1) is 12.5. The lowest BCUT2D eigenvalue weighted by atomic mass is 9.93. The zero-order chi connectivity index (χ0) is 18.7. The van der Waals surface area contributed by atoms with E-state index in [4.69, 9.17) is 0 Å². The predicted octanol–water partition coefficient (Wildman–Crippen LogP) is 4.51. The highest BCUT2D eigenvalue weighted by Gasteiger charge is 2.21. The lowest BCUT2D eigenvalue weighted by Gasteiger charge is -2.10. The number of carbonyl (C=O) groups excluding carboxylic acids is 1. The minimum absolute atomic E-state index is 0.0887. The summed E-state index contributed by atoms with van der Waals surface area (Å²) in [5.74, 6) is -0.232. The number of carbonyl (C=O) groups is 1. The number of hydrogen-bond donors (Lipinski definition) is 0. The average molecular weight is 346 g/mol. The minimum atomic E-state index is -0.463. The molecule has 130 valence electrons. The molecule has 0 amide bonds. The third-order valence-corrected chi connectivity index (χ3v) is 4.10. The van der Waals surface area contributed by atoms with Gasteiger partial charge < -0.3 is 4.90 Å². The van der Waals surface area contributed by atoms with Crippen molar-refractivity contribution >= 4 is 28.3 Å². The van der Waals surface area contributed by atoms with Gasteiger partial charge >= 0.3 is 0 Å². The molecule has 0 saturated heterocycles. The molecular weight excluding hydrogens is 328 g/mol. The van der Waals surface area contributed by atoms with Crippen LogP contribution in [0.5, 0.6) is 0 Å². The minimum Gasteiger partial charge on any atom is -0.383 e. The topological polar surface area (TPSA) is 63.5 Å². The monoisotopic (exact) mass is 346 g/mol. The molecule has 26 heavy (non-hydrogen) atoms.